The van der Waals surface area contributed by atoms with Gasteiger partial charge in [-0.15, -0.1) is 11.3 Å². The van der Waals surface area contributed by atoms with Gasteiger partial charge in [0.15, 0.2) is 0 Å². The Kier molecular flexibility index (Phi) is 5.05. The van der Waals surface area contributed by atoms with Gasteiger partial charge in [-0.25, -0.2) is 0 Å². The van der Waals surface area contributed by atoms with Crippen LogP contribution in [-0.4, -0.2) is 34.8 Å². The maximum Gasteiger partial charge on any atom is 0.244 e. The molecule has 0 spiro atoms. The highest BCUT2D eigenvalue weighted by Gasteiger charge is 2.28. The van der Waals surface area contributed by atoms with Crippen LogP contribution in [0.2, 0.25) is 0 Å². The molecule has 0 saturated carbocycles. The summed E-state index contributed by atoms with van der Waals surface area (Å²) in [4.78, 5) is 31.4. The van der Waals surface area contributed by atoms with Crippen molar-refractivity contribution in [3.8, 4) is 0 Å². The fourth-order valence-corrected chi connectivity index (χ4v) is 3.78. The lowest BCUT2D eigenvalue weighted by Gasteiger charge is -2.33. The van der Waals surface area contributed by atoms with Gasteiger partial charge in [0.1, 0.15) is 0 Å². The number of nitrogens with one attached hydrogen (secondary N) is 1. The Morgan fingerprint density at radius 3 is 3.12 bits per heavy atom. The molecule has 1 N–H and O–H groups in total. The summed E-state index contributed by atoms with van der Waals surface area (Å²) in [6, 6.07) is 5.81. The standard InChI is InChI=1S/C18H19N3O2S/c1-13-15-7-10-24-16(15)6-9-21(13)18(23)12-20-17(22)5-4-14-3-2-8-19-11-14/h2-5,7-8,10-11,13H,6,9,12H2,1H3,(H,20,22)/b5-4+/t13-/m1/s1. The monoisotopic (exact) mass is 341 g/mol. The molecule has 1 aliphatic rings. The summed E-state index contributed by atoms with van der Waals surface area (Å²) in [5.74, 6) is -0.337. The number of amides is 2. The summed E-state index contributed by atoms with van der Waals surface area (Å²) >= 11 is 1.74. The molecule has 3 rings (SSSR count). The Hall–Kier alpha value is -2.47. The van der Waals surface area contributed by atoms with Crippen molar-refractivity contribution < 1.29 is 9.59 Å². The van der Waals surface area contributed by atoms with Crippen LogP contribution < -0.4 is 5.32 Å². The number of thiophene rings is 1. The predicted molar refractivity (Wildman–Crippen MR) is 94.4 cm³/mol. The molecule has 0 saturated heterocycles. The first kappa shape index (κ1) is 16.4. The minimum absolute atomic E-state index is 0.0139. The van der Waals surface area contributed by atoms with Gasteiger partial charge in [-0.05, 0) is 48.1 Å². The van der Waals surface area contributed by atoms with Crippen LogP contribution in [0.15, 0.2) is 42.0 Å². The molecular formula is C18H19N3O2S. The first-order chi connectivity index (χ1) is 11.6. The van der Waals surface area contributed by atoms with E-state index < -0.39 is 0 Å². The van der Waals surface area contributed by atoms with Gasteiger partial charge < -0.3 is 10.2 Å². The smallest absolute Gasteiger partial charge is 0.244 e. The number of fused-ring (bicyclic) bond motifs is 1. The maximum atomic E-state index is 12.4. The number of aromatic nitrogens is 1. The third-order valence-electron chi connectivity index (χ3n) is 4.12. The molecule has 2 amide bonds. The van der Waals surface area contributed by atoms with E-state index in [4.69, 9.17) is 0 Å². The number of carbonyl (C=O) groups excluding carboxylic acids is 2. The van der Waals surface area contributed by atoms with Gasteiger partial charge in [-0.3, -0.25) is 14.6 Å². The molecule has 6 heteroatoms. The predicted octanol–water partition coefficient (Wildman–Crippen LogP) is 2.42. The summed E-state index contributed by atoms with van der Waals surface area (Å²) in [6.45, 7) is 2.75. The average molecular weight is 341 g/mol. The fourth-order valence-electron chi connectivity index (χ4n) is 2.82. The summed E-state index contributed by atoms with van der Waals surface area (Å²) in [5.41, 5.74) is 2.07. The molecule has 1 atom stereocenters. The van der Waals surface area contributed by atoms with Crippen molar-refractivity contribution in [2.24, 2.45) is 0 Å². The van der Waals surface area contributed by atoms with E-state index in [1.807, 2.05) is 17.9 Å². The first-order valence-electron chi connectivity index (χ1n) is 7.87. The van der Waals surface area contributed by atoms with Crippen molar-refractivity contribution in [3.63, 3.8) is 0 Å². The van der Waals surface area contributed by atoms with Crippen LogP contribution in [0.25, 0.3) is 6.08 Å². The molecule has 0 aliphatic carbocycles. The van der Waals surface area contributed by atoms with Gasteiger partial charge in [0.25, 0.3) is 0 Å². The molecule has 0 unspecified atom stereocenters. The van der Waals surface area contributed by atoms with Gasteiger partial charge in [0.2, 0.25) is 11.8 Å². The molecule has 0 fully saturated rings. The number of rotatable bonds is 4. The summed E-state index contributed by atoms with van der Waals surface area (Å²) in [7, 11) is 0. The Morgan fingerprint density at radius 1 is 1.46 bits per heavy atom. The van der Waals surface area contributed by atoms with Crippen LogP contribution in [-0.2, 0) is 16.0 Å². The van der Waals surface area contributed by atoms with Gasteiger partial charge >= 0.3 is 0 Å². The van der Waals surface area contributed by atoms with E-state index in [2.05, 4.69) is 21.7 Å². The second-order valence-electron chi connectivity index (χ2n) is 5.65. The summed E-state index contributed by atoms with van der Waals surface area (Å²) < 4.78 is 0. The van der Waals surface area contributed by atoms with E-state index >= 15 is 0 Å². The number of nitrogens with zero attached hydrogens (tertiary/aromatic N) is 2. The minimum atomic E-state index is -0.284. The van der Waals surface area contributed by atoms with Gasteiger partial charge in [-0.1, -0.05) is 6.07 Å². The van der Waals surface area contributed by atoms with Gasteiger partial charge in [-0.2, -0.15) is 0 Å². The maximum absolute atomic E-state index is 12.4. The van der Waals surface area contributed by atoms with Crippen LogP contribution in [0.1, 0.15) is 29.0 Å². The van der Waals surface area contributed by atoms with Crippen LogP contribution in [0.3, 0.4) is 0 Å². The Balaban J connectivity index is 1.52. The topological polar surface area (TPSA) is 62.3 Å². The van der Waals surface area contributed by atoms with Crippen molar-refractivity contribution >= 4 is 29.2 Å². The molecule has 3 heterocycles. The molecular weight excluding hydrogens is 322 g/mol. The first-order valence-corrected chi connectivity index (χ1v) is 8.75. The Bertz CT molecular complexity index is 755. The van der Waals surface area contributed by atoms with Crippen molar-refractivity contribution in [3.05, 3.63) is 58.1 Å². The van der Waals surface area contributed by atoms with E-state index in [0.717, 1.165) is 12.0 Å². The third-order valence-corrected chi connectivity index (χ3v) is 5.12. The van der Waals surface area contributed by atoms with Crippen molar-refractivity contribution in [2.45, 2.75) is 19.4 Å². The van der Waals surface area contributed by atoms with Crippen LogP contribution in [0.4, 0.5) is 0 Å². The van der Waals surface area contributed by atoms with Crippen molar-refractivity contribution in [2.75, 3.05) is 13.1 Å². The molecule has 0 bridgehead atoms. The minimum Gasteiger partial charge on any atom is -0.343 e. The SMILES string of the molecule is C[C@@H]1c2ccsc2CCN1C(=O)CNC(=O)/C=C/c1cccnc1. The highest BCUT2D eigenvalue weighted by atomic mass is 32.1. The quantitative estimate of drug-likeness (QED) is 0.869. The lowest BCUT2D eigenvalue weighted by atomic mass is 10.0. The van der Waals surface area contributed by atoms with E-state index in [9.17, 15) is 9.59 Å². The van der Waals surface area contributed by atoms with E-state index in [-0.39, 0.29) is 24.4 Å². The van der Waals surface area contributed by atoms with Crippen LogP contribution in [0.5, 0.6) is 0 Å². The summed E-state index contributed by atoms with van der Waals surface area (Å²) in [5, 5.41) is 4.72. The highest BCUT2D eigenvalue weighted by molar-refractivity contribution is 7.10. The van der Waals surface area contributed by atoms with Crippen LogP contribution in [0, 0.1) is 0 Å². The fraction of sp³-hybridized carbons (Fsp3) is 0.278. The highest BCUT2D eigenvalue weighted by Crippen LogP contribution is 2.32. The Labute approximate surface area is 145 Å². The normalized spacial score (nSPS) is 16.9. The lowest BCUT2D eigenvalue weighted by Crippen LogP contribution is -2.43. The Morgan fingerprint density at radius 2 is 2.33 bits per heavy atom. The third kappa shape index (κ3) is 3.71. The summed E-state index contributed by atoms with van der Waals surface area (Å²) in [6.07, 6.45) is 7.32. The van der Waals surface area contributed by atoms with Crippen molar-refractivity contribution in [1.82, 2.24) is 15.2 Å². The van der Waals surface area contributed by atoms with E-state index in [1.54, 1.807) is 35.9 Å². The molecule has 124 valence electrons. The zero-order valence-electron chi connectivity index (χ0n) is 13.4. The number of hydrogen-bond acceptors (Lipinski definition) is 4. The molecule has 5 nitrogen and oxygen atoms in total. The van der Waals surface area contributed by atoms with E-state index in [0.29, 0.717) is 6.54 Å². The van der Waals surface area contributed by atoms with Crippen molar-refractivity contribution in [1.29, 1.82) is 0 Å². The van der Waals surface area contributed by atoms with Gasteiger partial charge in [0, 0.05) is 29.9 Å². The average Bonchev–Trinajstić information content (AvgIpc) is 3.09. The zero-order chi connectivity index (χ0) is 16.9. The van der Waals surface area contributed by atoms with E-state index in [1.165, 1.54) is 16.5 Å². The number of hydrogen-bond donors (Lipinski definition) is 1. The number of carbonyl (C=O) groups is 2. The molecule has 1 aliphatic heterocycles. The largest absolute Gasteiger partial charge is 0.343 e. The molecule has 2 aromatic heterocycles. The molecule has 24 heavy (non-hydrogen) atoms. The molecule has 0 radical (unpaired) electrons. The van der Waals surface area contributed by atoms with Gasteiger partial charge in [0.05, 0.1) is 12.6 Å². The second kappa shape index (κ2) is 7.40. The number of pyridine rings is 1. The van der Waals surface area contributed by atoms with Crippen LogP contribution >= 0.6 is 11.3 Å². The molecule has 2 aromatic rings. The zero-order valence-corrected chi connectivity index (χ0v) is 14.3. The molecule has 0 aromatic carbocycles. The second-order valence-corrected chi connectivity index (χ2v) is 6.65. The lowest BCUT2D eigenvalue weighted by molar-refractivity contribution is -0.134.